The second-order valence-corrected chi connectivity index (χ2v) is 6.55. The number of amides is 1. The molecule has 0 aromatic carbocycles. The third-order valence-corrected chi connectivity index (χ3v) is 4.64. The Kier molecular flexibility index (Phi) is 4.53. The maximum atomic E-state index is 12.3. The third-order valence-electron chi connectivity index (χ3n) is 3.31. The van der Waals surface area contributed by atoms with Gasteiger partial charge in [-0.2, -0.15) is 0 Å². The van der Waals surface area contributed by atoms with E-state index in [0.717, 1.165) is 47.1 Å². The molecule has 0 aliphatic carbocycles. The van der Waals surface area contributed by atoms with E-state index in [0.29, 0.717) is 6.42 Å². The van der Waals surface area contributed by atoms with E-state index in [1.807, 2.05) is 11.8 Å². The fourth-order valence-electron chi connectivity index (χ4n) is 2.15. The van der Waals surface area contributed by atoms with Crippen LogP contribution in [0.4, 0.5) is 0 Å². The molecule has 1 amide bonds. The summed E-state index contributed by atoms with van der Waals surface area (Å²) in [7, 11) is 2.11. The average molecular weight is 285 g/mol. The fourth-order valence-corrected chi connectivity index (χ4v) is 3.43. The van der Waals surface area contributed by atoms with Gasteiger partial charge in [0.25, 0.3) is 0 Å². The minimum Gasteiger partial charge on any atom is -0.341 e. The molecular formula is C12H19N3OS2. The highest BCUT2D eigenvalue weighted by Crippen LogP contribution is 2.16. The van der Waals surface area contributed by atoms with Crippen LogP contribution in [0, 0.1) is 10.9 Å². The van der Waals surface area contributed by atoms with Crippen molar-refractivity contribution < 1.29 is 4.79 Å². The van der Waals surface area contributed by atoms with Gasteiger partial charge in [0.1, 0.15) is 0 Å². The number of carbonyl (C=O) groups excluding carboxylic acids is 1. The van der Waals surface area contributed by atoms with Crippen molar-refractivity contribution in [3.8, 4) is 0 Å². The Morgan fingerprint density at radius 3 is 2.83 bits per heavy atom. The van der Waals surface area contributed by atoms with Crippen molar-refractivity contribution in [1.29, 1.82) is 0 Å². The van der Waals surface area contributed by atoms with Gasteiger partial charge in [0.15, 0.2) is 3.95 Å². The van der Waals surface area contributed by atoms with Gasteiger partial charge in [0.2, 0.25) is 5.91 Å². The Balaban J connectivity index is 1.99. The van der Waals surface area contributed by atoms with Crippen molar-refractivity contribution in [2.75, 3.05) is 33.2 Å². The molecule has 0 atom stereocenters. The number of rotatable bonds is 2. The normalized spacial score (nSPS) is 17.8. The number of aromatic amines is 1. The quantitative estimate of drug-likeness (QED) is 0.843. The molecule has 0 unspecified atom stereocenters. The summed E-state index contributed by atoms with van der Waals surface area (Å²) in [6.07, 6.45) is 1.54. The smallest absolute Gasteiger partial charge is 0.227 e. The zero-order valence-corrected chi connectivity index (χ0v) is 12.5. The number of H-pyrrole nitrogens is 1. The lowest BCUT2D eigenvalue weighted by atomic mass is 10.2. The molecule has 2 heterocycles. The van der Waals surface area contributed by atoms with Crippen molar-refractivity contribution in [3.63, 3.8) is 0 Å². The summed E-state index contributed by atoms with van der Waals surface area (Å²) in [5.41, 5.74) is 1.03. The molecule has 1 fully saturated rings. The molecule has 1 saturated heterocycles. The summed E-state index contributed by atoms with van der Waals surface area (Å²) in [5, 5.41) is 0. The van der Waals surface area contributed by atoms with E-state index in [1.165, 1.54) is 11.3 Å². The predicted octanol–water partition coefficient (Wildman–Crippen LogP) is 1.82. The van der Waals surface area contributed by atoms with Gasteiger partial charge in [-0.25, -0.2) is 0 Å². The lowest BCUT2D eigenvalue weighted by molar-refractivity contribution is -0.130. The van der Waals surface area contributed by atoms with E-state index >= 15 is 0 Å². The zero-order valence-electron chi connectivity index (χ0n) is 10.9. The number of nitrogens with one attached hydrogen (secondary N) is 1. The van der Waals surface area contributed by atoms with E-state index in [9.17, 15) is 4.79 Å². The van der Waals surface area contributed by atoms with Crippen molar-refractivity contribution in [1.82, 2.24) is 14.8 Å². The molecule has 0 radical (unpaired) electrons. The number of thiazole rings is 1. The number of nitrogens with zero attached hydrogens (tertiary/aromatic N) is 2. The van der Waals surface area contributed by atoms with Gasteiger partial charge >= 0.3 is 0 Å². The summed E-state index contributed by atoms with van der Waals surface area (Å²) in [6, 6.07) is 0. The number of likely N-dealkylation sites (N-methyl/N-ethyl adjacent to an activating group) is 1. The van der Waals surface area contributed by atoms with Crippen molar-refractivity contribution >= 4 is 29.5 Å². The second-order valence-electron chi connectivity index (χ2n) is 4.78. The highest BCUT2D eigenvalue weighted by Gasteiger charge is 2.18. The molecule has 0 bridgehead atoms. The van der Waals surface area contributed by atoms with E-state index in [-0.39, 0.29) is 5.91 Å². The SMILES string of the molecule is Cc1[nH]c(=S)sc1CC(=O)N1CCCN(C)CC1. The first-order chi connectivity index (χ1) is 8.56. The number of carbonyl (C=O) groups is 1. The molecule has 1 aliphatic heterocycles. The highest BCUT2D eigenvalue weighted by atomic mass is 32.1. The van der Waals surface area contributed by atoms with Gasteiger partial charge < -0.3 is 14.8 Å². The largest absolute Gasteiger partial charge is 0.341 e. The average Bonchev–Trinajstić information content (AvgIpc) is 2.52. The first-order valence-electron chi connectivity index (χ1n) is 6.21. The minimum atomic E-state index is 0.221. The molecule has 1 N–H and O–H groups in total. The predicted molar refractivity (Wildman–Crippen MR) is 76.6 cm³/mol. The van der Waals surface area contributed by atoms with Gasteiger partial charge in [-0.3, -0.25) is 4.79 Å². The number of hydrogen-bond donors (Lipinski definition) is 1. The molecule has 1 aliphatic rings. The lowest BCUT2D eigenvalue weighted by Crippen LogP contribution is -2.35. The van der Waals surface area contributed by atoms with Crippen LogP contribution >= 0.6 is 23.6 Å². The summed E-state index contributed by atoms with van der Waals surface area (Å²) >= 11 is 6.61. The van der Waals surface area contributed by atoms with Crippen molar-refractivity contribution in [2.24, 2.45) is 0 Å². The summed E-state index contributed by atoms with van der Waals surface area (Å²) < 4.78 is 0.755. The zero-order chi connectivity index (χ0) is 13.1. The molecule has 0 saturated carbocycles. The molecule has 4 nitrogen and oxygen atoms in total. The van der Waals surface area contributed by atoms with Crippen LogP contribution in [-0.4, -0.2) is 53.9 Å². The molecular weight excluding hydrogens is 266 g/mol. The van der Waals surface area contributed by atoms with Crippen LogP contribution in [0.15, 0.2) is 0 Å². The van der Waals surface area contributed by atoms with Gasteiger partial charge in [0, 0.05) is 30.2 Å². The second kappa shape index (κ2) is 5.95. The first kappa shape index (κ1) is 13.7. The Labute approximate surface area is 117 Å². The maximum Gasteiger partial charge on any atom is 0.227 e. The molecule has 1 aromatic rings. The van der Waals surface area contributed by atoms with Crippen LogP contribution in [0.5, 0.6) is 0 Å². The van der Waals surface area contributed by atoms with Crippen LogP contribution in [0.2, 0.25) is 0 Å². The van der Waals surface area contributed by atoms with Gasteiger partial charge in [-0.15, -0.1) is 11.3 Å². The Hall–Kier alpha value is -0.720. The Bertz CT molecular complexity index is 480. The van der Waals surface area contributed by atoms with E-state index in [2.05, 4.69) is 16.9 Å². The standard InChI is InChI=1S/C12H19N3OS2/c1-9-10(18-12(17)13-9)8-11(16)15-5-3-4-14(2)6-7-15/h3-8H2,1-2H3,(H,13,17). The topological polar surface area (TPSA) is 39.3 Å². The van der Waals surface area contributed by atoms with Gasteiger partial charge in [-0.05, 0) is 39.2 Å². The monoisotopic (exact) mass is 285 g/mol. The van der Waals surface area contributed by atoms with E-state index in [1.54, 1.807) is 0 Å². The van der Waals surface area contributed by atoms with Gasteiger partial charge in [-0.1, -0.05) is 0 Å². The van der Waals surface area contributed by atoms with Crippen LogP contribution in [0.25, 0.3) is 0 Å². The Morgan fingerprint density at radius 2 is 2.17 bits per heavy atom. The van der Waals surface area contributed by atoms with E-state index < -0.39 is 0 Å². The number of aryl methyl sites for hydroxylation is 1. The van der Waals surface area contributed by atoms with Crippen LogP contribution < -0.4 is 0 Å². The minimum absolute atomic E-state index is 0.221. The fraction of sp³-hybridized carbons (Fsp3) is 0.667. The summed E-state index contributed by atoms with van der Waals surface area (Å²) in [4.78, 5) is 20.7. The molecule has 1 aromatic heterocycles. The summed E-state index contributed by atoms with van der Waals surface area (Å²) in [6.45, 7) is 5.73. The van der Waals surface area contributed by atoms with Crippen LogP contribution in [0.3, 0.4) is 0 Å². The van der Waals surface area contributed by atoms with Crippen LogP contribution in [0.1, 0.15) is 17.0 Å². The molecule has 2 rings (SSSR count). The molecule has 100 valence electrons. The van der Waals surface area contributed by atoms with E-state index in [4.69, 9.17) is 12.2 Å². The summed E-state index contributed by atoms with van der Waals surface area (Å²) in [5.74, 6) is 0.221. The van der Waals surface area contributed by atoms with Gasteiger partial charge in [0.05, 0.1) is 6.42 Å². The highest BCUT2D eigenvalue weighted by molar-refractivity contribution is 7.73. The number of aromatic nitrogens is 1. The molecule has 18 heavy (non-hydrogen) atoms. The van der Waals surface area contributed by atoms with Crippen LogP contribution in [-0.2, 0) is 11.2 Å². The molecule has 6 heteroatoms. The first-order valence-corrected chi connectivity index (χ1v) is 7.43. The number of hydrogen-bond acceptors (Lipinski definition) is 4. The molecule has 0 spiro atoms. The maximum absolute atomic E-state index is 12.3. The lowest BCUT2D eigenvalue weighted by Gasteiger charge is -2.20. The van der Waals surface area contributed by atoms with Crippen molar-refractivity contribution in [3.05, 3.63) is 14.5 Å². The Morgan fingerprint density at radius 1 is 1.39 bits per heavy atom. The van der Waals surface area contributed by atoms with Crippen molar-refractivity contribution in [2.45, 2.75) is 19.8 Å². The third kappa shape index (κ3) is 3.40.